The minimum absolute atomic E-state index is 0.763. The quantitative estimate of drug-likeness (QED) is 0.867. The molecular formula is C16H22N4. The van der Waals surface area contributed by atoms with Crippen LogP contribution in [0.25, 0.3) is 0 Å². The summed E-state index contributed by atoms with van der Waals surface area (Å²) < 4.78 is 0. The van der Waals surface area contributed by atoms with Crippen molar-refractivity contribution in [2.45, 2.75) is 34.1 Å². The highest BCUT2D eigenvalue weighted by molar-refractivity contribution is 5.64. The third-order valence-electron chi connectivity index (χ3n) is 3.23. The highest BCUT2D eigenvalue weighted by Crippen LogP contribution is 2.23. The summed E-state index contributed by atoms with van der Waals surface area (Å²) in [7, 11) is 0. The van der Waals surface area contributed by atoms with E-state index in [2.05, 4.69) is 58.7 Å². The van der Waals surface area contributed by atoms with Crippen molar-refractivity contribution in [3.8, 4) is 0 Å². The van der Waals surface area contributed by atoms with Crippen molar-refractivity contribution in [3.05, 3.63) is 41.2 Å². The van der Waals surface area contributed by atoms with E-state index in [1.165, 1.54) is 5.56 Å². The topological polar surface area (TPSA) is 49.8 Å². The van der Waals surface area contributed by atoms with Crippen LogP contribution in [0.3, 0.4) is 0 Å². The van der Waals surface area contributed by atoms with Gasteiger partial charge in [0.05, 0.1) is 0 Å². The van der Waals surface area contributed by atoms with Crippen LogP contribution in [0.4, 0.5) is 17.3 Å². The third-order valence-corrected chi connectivity index (χ3v) is 3.23. The molecule has 0 aliphatic carbocycles. The van der Waals surface area contributed by atoms with Crippen LogP contribution in [-0.2, 0) is 6.42 Å². The fourth-order valence-corrected chi connectivity index (χ4v) is 2.05. The van der Waals surface area contributed by atoms with Crippen molar-refractivity contribution in [1.82, 2.24) is 9.97 Å². The molecular weight excluding hydrogens is 248 g/mol. The summed E-state index contributed by atoms with van der Waals surface area (Å²) in [5.41, 5.74) is 3.42. The Labute approximate surface area is 120 Å². The van der Waals surface area contributed by atoms with E-state index in [-0.39, 0.29) is 0 Å². The van der Waals surface area contributed by atoms with Crippen molar-refractivity contribution in [2.75, 3.05) is 17.2 Å². The Morgan fingerprint density at radius 2 is 1.60 bits per heavy atom. The number of aromatic nitrogens is 2. The van der Waals surface area contributed by atoms with E-state index in [4.69, 9.17) is 0 Å². The second kappa shape index (κ2) is 6.37. The maximum atomic E-state index is 4.49. The Balaban J connectivity index is 2.27. The maximum absolute atomic E-state index is 4.49. The zero-order valence-electron chi connectivity index (χ0n) is 12.6. The molecule has 2 aromatic rings. The molecule has 4 heteroatoms. The zero-order valence-corrected chi connectivity index (χ0v) is 12.6. The Hall–Kier alpha value is -2.10. The fourth-order valence-electron chi connectivity index (χ4n) is 2.05. The van der Waals surface area contributed by atoms with Crippen LogP contribution in [0.15, 0.2) is 24.3 Å². The number of aryl methyl sites for hydroxylation is 2. The number of nitrogens with zero attached hydrogens (tertiary/aromatic N) is 2. The van der Waals surface area contributed by atoms with Crippen molar-refractivity contribution in [3.63, 3.8) is 0 Å². The molecule has 4 nitrogen and oxygen atoms in total. The second-order valence-corrected chi connectivity index (χ2v) is 4.80. The molecule has 0 bridgehead atoms. The Bertz CT molecular complexity index is 576. The van der Waals surface area contributed by atoms with Crippen LogP contribution in [-0.4, -0.2) is 16.5 Å². The summed E-state index contributed by atoms with van der Waals surface area (Å²) in [5.74, 6) is 2.52. The predicted octanol–water partition coefficient (Wildman–Crippen LogP) is 3.83. The van der Waals surface area contributed by atoms with Gasteiger partial charge in [-0.3, -0.25) is 0 Å². The first kappa shape index (κ1) is 14.3. The van der Waals surface area contributed by atoms with E-state index in [0.29, 0.717) is 0 Å². The van der Waals surface area contributed by atoms with Crippen LogP contribution >= 0.6 is 0 Å². The van der Waals surface area contributed by atoms with Gasteiger partial charge in [-0.15, -0.1) is 0 Å². The number of hydrogen-bond donors (Lipinski definition) is 2. The number of rotatable bonds is 5. The lowest BCUT2D eigenvalue weighted by atomic mass is 10.1. The zero-order chi connectivity index (χ0) is 14.5. The largest absolute Gasteiger partial charge is 0.370 e. The number of hydrogen-bond acceptors (Lipinski definition) is 4. The molecule has 0 spiro atoms. The lowest BCUT2D eigenvalue weighted by molar-refractivity contribution is 1.02. The minimum Gasteiger partial charge on any atom is -0.370 e. The van der Waals surface area contributed by atoms with Gasteiger partial charge in [0.15, 0.2) is 0 Å². The van der Waals surface area contributed by atoms with Crippen LogP contribution in [0.5, 0.6) is 0 Å². The van der Waals surface area contributed by atoms with E-state index in [0.717, 1.165) is 41.7 Å². The smallest absolute Gasteiger partial charge is 0.139 e. The van der Waals surface area contributed by atoms with Crippen LogP contribution in [0, 0.1) is 13.8 Å². The molecule has 0 saturated heterocycles. The summed E-state index contributed by atoms with van der Waals surface area (Å²) in [6, 6.07) is 8.44. The van der Waals surface area contributed by atoms with Crippen molar-refractivity contribution >= 4 is 17.3 Å². The minimum atomic E-state index is 0.763. The van der Waals surface area contributed by atoms with Gasteiger partial charge in [-0.1, -0.05) is 19.1 Å². The van der Waals surface area contributed by atoms with Gasteiger partial charge in [0.2, 0.25) is 0 Å². The monoisotopic (exact) mass is 270 g/mol. The lowest BCUT2D eigenvalue weighted by Crippen LogP contribution is -2.07. The van der Waals surface area contributed by atoms with Crippen molar-refractivity contribution in [2.24, 2.45) is 0 Å². The Morgan fingerprint density at radius 3 is 2.20 bits per heavy atom. The number of benzene rings is 1. The molecule has 0 saturated carbocycles. The Morgan fingerprint density at radius 1 is 0.950 bits per heavy atom. The Kier molecular flexibility index (Phi) is 4.56. The summed E-state index contributed by atoms with van der Waals surface area (Å²) in [4.78, 5) is 8.92. The van der Waals surface area contributed by atoms with E-state index >= 15 is 0 Å². The van der Waals surface area contributed by atoms with Crippen LogP contribution < -0.4 is 10.6 Å². The number of anilines is 3. The van der Waals surface area contributed by atoms with Gasteiger partial charge < -0.3 is 10.6 Å². The second-order valence-electron chi connectivity index (χ2n) is 4.80. The van der Waals surface area contributed by atoms with E-state index < -0.39 is 0 Å². The molecule has 1 heterocycles. The lowest BCUT2D eigenvalue weighted by Gasteiger charge is -2.13. The third kappa shape index (κ3) is 3.26. The summed E-state index contributed by atoms with van der Waals surface area (Å²) in [5, 5.41) is 6.64. The van der Waals surface area contributed by atoms with E-state index in [1.807, 2.05) is 13.8 Å². The van der Waals surface area contributed by atoms with Crippen molar-refractivity contribution in [1.29, 1.82) is 0 Å². The predicted molar refractivity (Wildman–Crippen MR) is 84.8 cm³/mol. The van der Waals surface area contributed by atoms with E-state index in [1.54, 1.807) is 0 Å². The first-order valence-corrected chi connectivity index (χ1v) is 7.09. The standard InChI is InChI=1S/C16H22N4/c1-5-13-7-9-14(10-8-13)20-16-11(3)15(17-6-2)18-12(4)19-16/h7-10H,5-6H2,1-4H3,(H2,17,18,19,20). The van der Waals surface area contributed by atoms with Crippen LogP contribution in [0.2, 0.25) is 0 Å². The van der Waals surface area contributed by atoms with Crippen LogP contribution in [0.1, 0.15) is 30.8 Å². The molecule has 106 valence electrons. The molecule has 0 aliphatic rings. The molecule has 0 fully saturated rings. The van der Waals surface area contributed by atoms with Crippen molar-refractivity contribution < 1.29 is 0 Å². The highest BCUT2D eigenvalue weighted by Gasteiger charge is 2.08. The van der Waals surface area contributed by atoms with E-state index in [9.17, 15) is 0 Å². The summed E-state index contributed by atoms with van der Waals surface area (Å²) in [6.07, 6.45) is 1.05. The maximum Gasteiger partial charge on any atom is 0.139 e. The molecule has 0 unspecified atom stereocenters. The molecule has 1 aromatic heterocycles. The van der Waals surface area contributed by atoms with Gasteiger partial charge in [-0.05, 0) is 44.9 Å². The molecule has 0 aliphatic heterocycles. The molecule has 2 N–H and O–H groups in total. The average Bonchev–Trinajstić information content (AvgIpc) is 2.45. The highest BCUT2D eigenvalue weighted by atomic mass is 15.1. The van der Waals surface area contributed by atoms with Gasteiger partial charge in [0.1, 0.15) is 17.5 Å². The van der Waals surface area contributed by atoms with Gasteiger partial charge in [0.25, 0.3) is 0 Å². The normalized spacial score (nSPS) is 10.4. The molecule has 0 radical (unpaired) electrons. The first-order chi connectivity index (χ1) is 9.63. The average molecular weight is 270 g/mol. The fraction of sp³-hybridized carbons (Fsp3) is 0.375. The summed E-state index contributed by atoms with van der Waals surface area (Å²) in [6.45, 7) is 9.00. The molecule has 20 heavy (non-hydrogen) atoms. The molecule has 1 aromatic carbocycles. The van der Waals surface area contributed by atoms with Gasteiger partial charge >= 0.3 is 0 Å². The molecule has 0 amide bonds. The SMILES string of the molecule is CCNc1nc(C)nc(Nc2ccc(CC)cc2)c1C. The first-order valence-electron chi connectivity index (χ1n) is 7.09. The molecule has 0 atom stereocenters. The van der Waals surface area contributed by atoms with Gasteiger partial charge in [-0.2, -0.15) is 0 Å². The number of nitrogens with one attached hydrogen (secondary N) is 2. The van der Waals surface area contributed by atoms with Gasteiger partial charge in [0, 0.05) is 17.8 Å². The van der Waals surface area contributed by atoms with Gasteiger partial charge in [-0.25, -0.2) is 9.97 Å². The summed E-state index contributed by atoms with van der Waals surface area (Å²) >= 11 is 0. The molecule has 2 rings (SSSR count).